The zero-order chi connectivity index (χ0) is 20.6. The smallest absolute Gasteiger partial charge is 0.326 e. The van der Waals surface area contributed by atoms with E-state index < -0.39 is 47.0 Å². The second-order valence-corrected chi connectivity index (χ2v) is 7.98. The Balaban J connectivity index is 2.41. The van der Waals surface area contributed by atoms with Crippen molar-refractivity contribution in [2.75, 3.05) is 13.1 Å². The van der Waals surface area contributed by atoms with Crippen LogP contribution in [0.4, 0.5) is 0 Å². The molecule has 150 valence electrons. The monoisotopic (exact) mass is 399 g/mol. The van der Waals surface area contributed by atoms with Gasteiger partial charge in [-0.05, 0) is 39.8 Å². The molecule has 0 radical (unpaired) electrons. The Labute approximate surface area is 158 Å². The number of hydrogen-bond acceptors (Lipinski definition) is 6. The van der Waals surface area contributed by atoms with E-state index in [-0.39, 0.29) is 10.9 Å². The molecule has 9 nitrogen and oxygen atoms in total. The van der Waals surface area contributed by atoms with Gasteiger partial charge in [-0.2, -0.15) is 0 Å². The van der Waals surface area contributed by atoms with Gasteiger partial charge in [0.2, 0.25) is 15.9 Å². The fourth-order valence-electron chi connectivity index (χ4n) is 1.89. The van der Waals surface area contributed by atoms with Crippen molar-refractivity contribution in [2.24, 2.45) is 0 Å². The molecule has 0 saturated heterocycles. The molecule has 1 rings (SSSR count). The Morgan fingerprint density at radius 1 is 1.04 bits per heavy atom. The van der Waals surface area contributed by atoms with Gasteiger partial charge in [-0.1, -0.05) is 17.7 Å². The number of hydrogen-bond donors (Lipinski definition) is 3. The van der Waals surface area contributed by atoms with E-state index in [9.17, 15) is 22.8 Å². The molecule has 0 spiro atoms. The zero-order valence-electron chi connectivity index (χ0n) is 15.7. The number of sulfonamides is 1. The molecule has 0 heterocycles. The molecule has 10 heteroatoms. The zero-order valence-corrected chi connectivity index (χ0v) is 16.6. The quantitative estimate of drug-likeness (QED) is 0.495. The van der Waals surface area contributed by atoms with Crippen LogP contribution in [0.1, 0.15) is 26.3 Å². The van der Waals surface area contributed by atoms with Crippen LogP contribution in [-0.4, -0.2) is 51.4 Å². The maximum absolute atomic E-state index is 12.1. The summed E-state index contributed by atoms with van der Waals surface area (Å²) < 4.78 is 31.2. The molecule has 1 atom stereocenters. The highest BCUT2D eigenvalue weighted by Crippen LogP contribution is 2.09. The van der Waals surface area contributed by atoms with Gasteiger partial charge in [-0.3, -0.25) is 14.4 Å². The van der Waals surface area contributed by atoms with Gasteiger partial charge in [0.25, 0.3) is 5.91 Å². The summed E-state index contributed by atoms with van der Waals surface area (Å²) in [5, 5.41) is 4.82. The van der Waals surface area contributed by atoms with Crippen molar-refractivity contribution in [2.45, 2.75) is 44.7 Å². The van der Waals surface area contributed by atoms with Gasteiger partial charge < -0.3 is 15.4 Å². The second-order valence-electron chi connectivity index (χ2n) is 6.21. The molecule has 2 amide bonds. The van der Waals surface area contributed by atoms with Crippen LogP contribution in [0, 0.1) is 6.92 Å². The van der Waals surface area contributed by atoms with Crippen molar-refractivity contribution in [1.82, 2.24) is 15.4 Å². The van der Waals surface area contributed by atoms with E-state index in [1.807, 2.05) is 6.92 Å². The average Bonchev–Trinajstić information content (AvgIpc) is 2.58. The minimum atomic E-state index is -3.83. The van der Waals surface area contributed by atoms with Crippen LogP contribution in [-0.2, 0) is 29.1 Å². The normalized spacial score (nSPS) is 12.3. The third kappa shape index (κ3) is 8.18. The topological polar surface area (TPSA) is 131 Å². The second kappa shape index (κ2) is 10.0. The lowest BCUT2D eigenvalue weighted by Gasteiger charge is -2.15. The molecule has 0 bridgehead atoms. The van der Waals surface area contributed by atoms with E-state index in [1.54, 1.807) is 26.0 Å². The fourth-order valence-corrected chi connectivity index (χ4v) is 2.87. The number of rotatable bonds is 9. The number of carbonyl (C=O) groups is 3. The van der Waals surface area contributed by atoms with E-state index >= 15 is 0 Å². The highest BCUT2D eigenvalue weighted by Gasteiger charge is 2.19. The minimum Gasteiger partial charge on any atom is -0.451 e. The van der Waals surface area contributed by atoms with Gasteiger partial charge in [-0.15, -0.1) is 0 Å². The van der Waals surface area contributed by atoms with Gasteiger partial charge in [-0.25, -0.2) is 13.1 Å². The Morgan fingerprint density at radius 3 is 2.19 bits per heavy atom. The van der Waals surface area contributed by atoms with E-state index in [0.717, 1.165) is 5.56 Å². The van der Waals surface area contributed by atoms with Crippen LogP contribution in [0.3, 0.4) is 0 Å². The number of esters is 1. The van der Waals surface area contributed by atoms with Crippen molar-refractivity contribution in [3.8, 4) is 0 Å². The Hall–Kier alpha value is -2.46. The van der Waals surface area contributed by atoms with Crippen LogP contribution in [0.25, 0.3) is 0 Å². The maximum atomic E-state index is 12.1. The summed E-state index contributed by atoms with van der Waals surface area (Å²) in [5.74, 6) is -1.96. The minimum absolute atomic E-state index is 0.0327. The van der Waals surface area contributed by atoms with E-state index in [1.165, 1.54) is 19.1 Å². The molecular formula is C17H25N3O6S. The highest BCUT2D eigenvalue weighted by atomic mass is 32.2. The molecule has 0 aromatic heterocycles. The summed E-state index contributed by atoms with van der Waals surface area (Å²) in [6.07, 6.45) is -1.00. The summed E-state index contributed by atoms with van der Waals surface area (Å²) in [6.45, 7) is 5.75. The lowest BCUT2D eigenvalue weighted by molar-refractivity contribution is -0.154. The third-order valence-corrected chi connectivity index (χ3v) is 4.71. The number of carbonyl (C=O) groups excluding carboxylic acids is 3. The molecule has 3 N–H and O–H groups in total. The van der Waals surface area contributed by atoms with Gasteiger partial charge in [0, 0.05) is 6.04 Å². The third-order valence-electron chi connectivity index (χ3n) is 3.29. The molecule has 0 fully saturated rings. The predicted octanol–water partition coefficient (Wildman–Crippen LogP) is -0.154. The Bertz CT molecular complexity index is 774. The Morgan fingerprint density at radius 2 is 1.63 bits per heavy atom. The lowest BCUT2D eigenvalue weighted by Crippen LogP contribution is -2.42. The molecule has 0 aliphatic carbocycles. The summed E-state index contributed by atoms with van der Waals surface area (Å²) in [4.78, 5) is 35.0. The molecule has 1 aromatic rings. The van der Waals surface area contributed by atoms with Gasteiger partial charge in [0.15, 0.2) is 6.10 Å². The number of benzene rings is 1. The van der Waals surface area contributed by atoms with Crippen LogP contribution < -0.4 is 15.4 Å². The first-order chi connectivity index (χ1) is 12.5. The number of aryl methyl sites for hydroxylation is 1. The first-order valence-corrected chi connectivity index (χ1v) is 9.82. The van der Waals surface area contributed by atoms with Crippen LogP contribution >= 0.6 is 0 Å². The van der Waals surface area contributed by atoms with Crippen molar-refractivity contribution in [3.05, 3.63) is 29.8 Å². The number of ether oxygens (including phenoxy) is 1. The Kier molecular flexibility index (Phi) is 8.38. The first kappa shape index (κ1) is 22.6. The molecule has 1 aromatic carbocycles. The lowest BCUT2D eigenvalue weighted by atomic mass is 10.2. The molecule has 0 saturated carbocycles. The van der Waals surface area contributed by atoms with Gasteiger partial charge >= 0.3 is 5.97 Å². The summed E-state index contributed by atoms with van der Waals surface area (Å²) in [5.41, 5.74) is 0.904. The largest absolute Gasteiger partial charge is 0.451 e. The van der Waals surface area contributed by atoms with Crippen LogP contribution in [0.5, 0.6) is 0 Å². The molecule has 0 aliphatic heterocycles. The maximum Gasteiger partial charge on any atom is 0.326 e. The summed E-state index contributed by atoms with van der Waals surface area (Å²) in [7, 11) is -3.83. The van der Waals surface area contributed by atoms with E-state index in [4.69, 9.17) is 4.74 Å². The fraction of sp³-hybridized carbons (Fsp3) is 0.471. The van der Waals surface area contributed by atoms with Crippen LogP contribution in [0.15, 0.2) is 29.2 Å². The van der Waals surface area contributed by atoms with Crippen molar-refractivity contribution in [1.29, 1.82) is 0 Å². The molecule has 27 heavy (non-hydrogen) atoms. The summed E-state index contributed by atoms with van der Waals surface area (Å²) >= 11 is 0. The molecule has 0 unspecified atom stereocenters. The van der Waals surface area contributed by atoms with Crippen molar-refractivity contribution >= 4 is 27.8 Å². The molecule has 0 aliphatic rings. The summed E-state index contributed by atoms with van der Waals surface area (Å²) in [6, 6.07) is 6.04. The van der Waals surface area contributed by atoms with Crippen molar-refractivity contribution in [3.63, 3.8) is 0 Å². The van der Waals surface area contributed by atoms with E-state index in [0.29, 0.717) is 0 Å². The van der Waals surface area contributed by atoms with E-state index in [2.05, 4.69) is 15.4 Å². The van der Waals surface area contributed by atoms with Gasteiger partial charge in [0.05, 0.1) is 11.4 Å². The average molecular weight is 399 g/mol. The standard InChI is InChI=1S/C17H25N3O6S/c1-11(2)20-17(23)13(4)26-16(22)10-18-15(21)9-19-27(24,25)14-7-5-12(3)6-8-14/h5-8,11,13,19H,9-10H2,1-4H3,(H,18,21)(H,20,23)/t13-/m0/s1. The molecular weight excluding hydrogens is 374 g/mol. The number of nitrogens with one attached hydrogen (secondary N) is 3. The van der Waals surface area contributed by atoms with Crippen molar-refractivity contribution < 1.29 is 27.5 Å². The first-order valence-electron chi connectivity index (χ1n) is 8.34. The number of amides is 2. The predicted molar refractivity (Wildman–Crippen MR) is 98.2 cm³/mol. The highest BCUT2D eigenvalue weighted by molar-refractivity contribution is 7.89. The van der Waals surface area contributed by atoms with Gasteiger partial charge in [0.1, 0.15) is 6.54 Å². The van der Waals surface area contributed by atoms with Crippen LogP contribution in [0.2, 0.25) is 0 Å². The SMILES string of the molecule is Cc1ccc(S(=O)(=O)NCC(=O)NCC(=O)O[C@@H](C)C(=O)NC(C)C)cc1.